The fourth-order valence-electron chi connectivity index (χ4n) is 3.35. The molecule has 150 valence electrons. The van der Waals surface area contributed by atoms with Crippen molar-refractivity contribution in [3.05, 3.63) is 77.4 Å². The molecule has 0 aliphatic carbocycles. The molecule has 0 spiro atoms. The minimum absolute atomic E-state index is 0.343. The number of anilines is 1. The minimum Gasteiger partial charge on any atom is -0.497 e. The standard InChI is InChI=1S/C24H25NO4/c1-16-11-22(28-3)12-17(2)24(16)19-6-4-5-18(13-19)14-25-20-7-9-21(10-8-20)29-15-23(26)27/h4-13,25H,14-15H2,1-3H3,(H,26,27). The number of aryl methyl sites for hydroxylation is 2. The highest BCUT2D eigenvalue weighted by Crippen LogP contribution is 2.31. The Morgan fingerprint density at radius 2 is 1.66 bits per heavy atom. The van der Waals surface area contributed by atoms with Crippen molar-refractivity contribution >= 4 is 11.7 Å². The van der Waals surface area contributed by atoms with Gasteiger partial charge in [0.25, 0.3) is 0 Å². The quantitative estimate of drug-likeness (QED) is 0.562. The summed E-state index contributed by atoms with van der Waals surface area (Å²) < 4.78 is 10.5. The van der Waals surface area contributed by atoms with Crippen molar-refractivity contribution in [2.45, 2.75) is 20.4 Å². The third-order valence-corrected chi connectivity index (χ3v) is 4.67. The number of hydrogen-bond acceptors (Lipinski definition) is 4. The summed E-state index contributed by atoms with van der Waals surface area (Å²) in [6.07, 6.45) is 0. The van der Waals surface area contributed by atoms with Gasteiger partial charge in [0.1, 0.15) is 11.5 Å². The summed E-state index contributed by atoms with van der Waals surface area (Å²) in [5.41, 5.74) is 6.89. The van der Waals surface area contributed by atoms with Crippen molar-refractivity contribution < 1.29 is 19.4 Å². The maximum absolute atomic E-state index is 10.6. The predicted molar refractivity (Wildman–Crippen MR) is 115 cm³/mol. The fraction of sp³-hybridized carbons (Fsp3) is 0.208. The molecular weight excluding hydrogens is 366 g/mol. The molecule has 2 N–H and O–H groups in total. The molecule has 0 fully saturated rings. The number of ether oxygens (including phenoxy) is 2. The number of nitrogens with one attached hydrogen (secondary N) is 1. The Kier molecular flexibility index (Phi) is 6.39. The SMILES string of the molecule is COc1cc(C)c(-c2cccc(CNc3ccc(OCC(=O)O)cc3)c2)c(C)c1. The van der Waals surface area contributed by atoms with Crippen LogP contribution in [0.2, 0.25) is 0 Å². The van der Waals surface area contributed by atoms with Gasteiger partial charge in [0.15, 0.2) is 6.61 Å². The van der Waals surface area contributed by atoms with Crippen LogP contribution in [0.15, 0.2) is 60.7 Å². The molecule has 0 unspecified atom stereocenters. The van der Waals surface area contributed by atoms with E-state index in [2.05, 4.69) is 55.6 Å². The maximum atomic E-state index is 10.6. The summed E-state index contributed by atoms with van der Waals surface area (Å²) in [4.78, 5) is 10.6. The zero-order valence-electron chi connectivity index (χ0n) is 16.9. The second-order valence-electron chi connectivity index (χ2n) is 6.90. The Morgan fingerprint density at radius 1 is 0.966 bits per heavy atom. The van der Waals surface area contributed by atoms with E-state index in [4.69, 9.17) is 14.6 Å². The summed E-state index contributed by atoms with van der Waals surface area (Å²) in [5.74, 6) is 0.414. The number of aliphatic carboxylic acids is 1. The maximum Gasteiger partial charge on any atom is 0.341 e. The summed E-state index contributed by atoms with van der Waals surface area (Å²) in [6.45, 7) is 4.54. The highest BCUT2D eigenvalue weighted by Gasteiger charge is 2.09. The van der Waals surface area contributed by atoms with Crippen LogP contribution in [-0.2, 0) is 11.3 Å². The predicted octanol–water partition coefficient (Wildman–Crippen LogP) is 5.05. The molecule has 0 amide bonds. The summed E-state index contributed by atoms with van der Waals surface area (Å²) >= 11 is 0. The number of carbonyl (C=O) groups is 1. The first-order chi connectivity index (χ1) is 14.0. The van der Waals surface area contributed by atoms with Gasteiger partial charge in [0, 0.05) is 12.2 Å². The van der Waals surface area contributed by atoms with Crippen LogP contribution in [0.25, 0.3) is 11.1 Å². The highest BCUT2D eigenvalue weighted by atomic mass is 16.5. The van der Waals surface area contributed by atoms with E-state index in [1.807, 2.05) is 12.1 Å². The molecule has 5 nitrogen and oxygen atoms in total. The number of rotatable bonds is 8. The third kappa shape index (κ3) is 5.29. The Morgan fingerprint density at radius 3 is 2.28 bits per heavy atom. The van der Waals surface area contributed by atoms with E-state index < -0.39 is 5.97 Å². The van der Waals surface area contributed by atoms with Crippen LogP contribution >= 0.6 is 0 Å². The lowest BCUT2D eigenvalue weighted by Crippen LogP contribution is -2.09. The number of hydrogen-bond donors (Lipinski definition) is 2. The van der Waals surface area contributed by atoms with E-state index in [0.29, 0.717) is 12.3 Å². The zero-order valence-corrected chi connectivity index (χ0v) is 16.9. The Balaban J connectivity index is 1.70. The van der Waals surface area contributed by atoms with Gasteiger partial charge in [-0.15, -0.1) is 0 Å². The molecule has 0 bridgehead atoms. The van der Waals surface area contributed by atoms with Crippen molar-refractivity contribution in [2.75, 3.05) is 19.0 Å². The van der Waals surface area contributed by atoms with Crippen LogP contribution in [0.1, 0.15) is 16.7 Å². The lowest BCUT2D eigenvalue weighted by Gasteiger charge is -2.14. The van der Waals surface area contributed by atoms with Crippen LogP contribution in [0.5, 0.6) is 11.5 Å². The largest absolute Gasteiger partial charge is 0.497 e. The van der Waals surface area contributed by atoms with E-state index in [-0.39, 0.29) is 6.61 Å². The first-order valence-corrected chi connectivity index (χ1v) is 9.39. The first kappa shape index (κ1) is 20.3. The topological polar surface area (TPSA) is 67.8 Å². The smallest absolute Gasteiger partial charge is 0.341 e. The van der Waals surface area contributed by atoms with Crippen LogP contribution < -0.4 is 14.8 Å². The highest BCUT2D eigenvalue weighted by molar-refractivity contribution is 5.72. The van der Waals surface area contributed by atoms with Crippen molar-refractivity contribution in [1.29, 1.82) is 0 Å². The lowest BCUT2D eigenvalue weighted by atomic mass is 9.94. The van der Waals surface area contributed by atoms with Crippen LogP contribution in [0, 0.1) is 13.8 Å². The number of benzene rings is 3. The van der Waals surface area contributed by atoms with Crippen LogP contribution in [-0.4, -0.2) is 24.8 Å². The molecule has 3 aromatic rings. The second kappa shape index (κ2) is 9.15. The van der Waals surface area contributed by atoms with Gasteiger partial charge >= 0.3 is 5.97 Å². The van der Waals surface area contributed by atoms with Crippen molar-refractivity contribution in [2.24, 2.45) is 0 Å². The average Bonchev–Trinajstić information content (AvgIpc) is 2.71. The molecule has 0 aliphatic rings. The van der Waals surface area contributed by atoms with Gasteiger partial charge in [0.05, 0.1) is 7.11 Å². The number of methoxy groups -OCH3 is 1. The molecule has 29 heavy (non-hydrogen) atoms. The van der Waals surface area contributed by atoms with E-state index in [1.165, 1.54) is 27.8 Å². The summed E-state index contributed by atoms with van der Waals surface area (Å²) in [7, 11) is 1.69. The van der Waals surface area contributed by atoms with Gasteiger partial charge in [-0.3, -0.25) is 0 Å². The van der Waals surface area contributed by atoms with Crippen LogP contribution in [0.4, 0.5) is 5.69 Å². The van der Waals surface area contributed by atoms with E-state index in [0.717, 1.165) is 11.4 Å². The Bertz CT molecular complexity index is 973. The number of carboxylic acid groups (broad SMARTS) is 1. The van der Waals surface area contributed by atoms with Gasteiger partial charge in [-0.25, -0.2) is 4.79 Å². The van der Waals surface area contributed by atoms with E-state index >= 15 is 0 Å². The Hall–Kier alpha value is -3.47. The second-order valence-corrected chi connectivity index (χ2v) is 6.90. The van der Waals surface area contributed by atoms with E-state index in [1.54, 1.807) is 19.2 Å². The molecule has 5 heteroatoms. The molecule has 0 aromatic heterocycles. The monoisotopic (exact) mass is 391 g/mol. The van der Waals surface area contributed by atoms with Gasteiger partial charge < -0.3 is 19.9 Å². The van der Waals surface area contributed by atoms with Gasteiger partial charge in [-0.05, 0) is 84.1 Å². The fourth-order valence-corrected chi connectivity index (χ4v) is 3.35. The number of carboxylic acids is 1. The summed E-state index contributed by atoms with van der Waals surface area (Å²) in [5, 5.41) is 12.0. The summed E-state index contributed by atoms with van der Waals surface area (Å²) in [6, 6.07) is 19.9. The average molecular weight is 391 g/mol. The first-order valence-electron chi connectivity index (χ1n) is 9.39. The lowest BCUT2D eigenvalue weighted by molar-refractivity contribution is -0.139. The molecule has 3 aromatic carbocycles. The van der Waals surface area contributed by atoms with Crippen LogP contribution in [0.3, 0.4) is 0 Å². The Labute approximate surface area is 170 Å². The molecule has 0 heterocycles. The molecular formula is C24H25NO4. The molecule has 0 radical (unpaired) electrons. The molecule has 3 rings (SSSR count). The molecule has 0 atom stereocenters. The van der Waals surface area contributed by atoms with E-state index in [9.17, 15) is 4.79 Å². The van der Waals surface area contributed by atoms with Gasteiger partial charge in [-0.1, -0.05) is 18.2 Å². The molecule has 0 saturated heterocycles. The third-order valence-electron chi connectivity index (χ3n) is 4.67. The zero-order chi connectivity index (χ0) is 20.8. The minimum atomic E-state index is -0.991. The van der Waals surface area contributed by atoms with Crippen molar-refractivity contribution in [3.63, 3.8) is 0 Å². The molecule has 0 saturated carbocycles. The van der Waals surface area contributed by atoms with Crippen molar-refractivity contribution in [1.82, 2.24) is 0 Å². The van der Waals surface area contributed by atoms with Crippen molar-refractivity contribution in [3.8, 4) is 22.6 Å². The van der Waals surface area contributed by atoms with Gasteiger partial charge in [-0.2, -0.15) is 0 Å². The van der Waals surface area contributed by atoms with Gasteiger partial charge in [0.2, 0.25) is 0 Å². The molecule has 0 aliphatic heterocycles. The normalized spacial score (nSPS) is 10.4.